The van der Waals surface area contributed by atoms with Gasteiger partial charge in [0, 0.05) is 17.7 Å². The maximum atomic E-state index is 13.1. The molecule has 5 heteroatoms. The second-order valence-corrected chi connectivity index (χ2v) is 7.76. The van der Waals surface area contributed by atoms with Crippen LogP contribution >= 0.6 is 0 Å². The van der Waals surface area contributed by atoms with Crippen LogP contribution in [0.1, 0.15) is 24.0 Å². The molecule has 2 atom stereocenters. The van der Waals surface area contributed by atoms with Crippen molar-refractivity contribution in [2.75, 3.05) is 6.26 Å². The van der Waals surface area contributed by atoms with Gasteiger partial charge in [0.2, 0.25) is 0 Å². The summed E-state index contributed by atoms with van der Waals surface area (Å²) in [6.07, 6.45) is 2.82. The van der Waals surface area contributed by atoms with Crippen LogP contribution in [0, 0.1) is 5.82 Å². The third kappa shape index (κ3) is 3.15. The van der Waals surface area contributed by atoms with E-state index in [-0.39, 0.29) is 22.7 Å². The molecule has 120 valence electrons. The molecule has 0 bridgehead atoms. The van der Waals surface area contributed by atoms with Crippen LogP contribution < -0.4 is 0 Å². The summed E-state index contributed by atoms with van der Waals surface area (Å²) >= 11 is 0. The monoisotopic (exact) mass is 332 g/mol. The van der Waals surface area contributed by atoms with Gasteiger partial charge in [0.15, 0.2) is 9.84 Å². The van der Waals surface area contributed by atoms with Crippen molar-refractivity contribution < 1.29 is 17.5 Å². The van der Waals surface area contributed by atoms with Crippen LogP contribution in [0.5, 0.6) is 0 Å². The molecule has 0 spiro atoms. The number of halogens is 1. The molecule has 0 N–H and O–H groups in total. The molecule has 1 heterocycles. The summed E-state index contributed by atoms with van der Waals surface area (Å²) in [5, 5.41) is 0. The average molecular weight is 332 g/mol. The summed E-state index contributed by atoms with van der Waals surface area (Å²) < 4.78 is 41.9. The van der Waals surface area contributed by atoms with Gasteiger partial charge in [-0.15, -0.1) is 0 Å². The number of benzene rings is 2. The molecule has 0 fully saturated rings. The average Bonchev–Trinajstić information content (AvgIpc) is 2.89. The van der Waals surface area contributed by atoms with Crippen LogP contribution in [0.3, 0.4) is 0 Å². The van der Waals surface area contributed by atoms with Crippen LogP contribution in [0.2, 0.25) is 0 Å². The Kier molecular flexibility index (Phi) is 3.98. The summed E-state index contributed by atoms with van der Waals surface area (Å²) in [6, 6.07) is 13.1. The first kappa shape index (κ1) is 15.7. The first-order valence-electron chi connectivity index (χ1n) is 7.28. The Morgan fingerprint density at radius 2 is 1.61 bits per heavy atom. The van der Waals surface area contributed by atoms with Crippen LogP contribution in [-0.4, -0.2) is 20.8 Å². The van der Waals surface area contributed by atoms with Gasteiger partial charge >= 0.3 is 0 Å². The third-order valence-corrected chi connectivity index (χ3v) is 5.19. The molecule has 0 radical (unpaired) electrons. The predicted octanol–water partition coefficient (Wildman–Crippen LogP) is 3.77. The number of hydrogen-bond donors (Lipinski definition) is 0. The second-order valence-electron chi connectivity index (χ2n) is 5.74. The fourth-order valence-corrected chi connectivity index (χ4v) is 3.48. The van der Waals surface area contributed by atoms with Gasteiger partial charge < -0.3 is 4.74 Å². The maximum absolute atomic E-state index is 13.1. The van der Waals surface area contributed by atoms with Gasteiger partial charge in [-0.1, -0.05) is 24.3 Å². The van der Waals surface area contributed by atoms with E-state index in [1.54, 1.807) is 42.7 Å². The summed E-state index contributed by atoms with van der Waals surface area (Å²) in [5.74, 6) is -0.289. The Labute approximate surface area is 135 Å². The van der Waals surface area contributed by atoms with E-state index in [0.717, 1.165) is 16.7 Å². The van der Waals surface area contributed by atoms with E-state index >= 15 is 0 Å². The smallest absolute Gasteiger partial charge is 0.175 e. The molecule has 3 rings (SSSR count). The number of rotatable bonds is 3. The highest BCUT2D eigenvalue weighted by molar-refractivity contribution is 7.90. The Morgan fingerprint density at radius 3 is 2.17 bits per heavy atom. The number of sulfone groups is 1. The molecule has 0 saturated carbocycles. The summed E-state index contributed by atoms with van der Waals surface area (Å²) in [6.45, 7) is 1.96. The fraction of sp³-hybridized carbons (Fsp3) is 0.222. The Morgan fingerprint density at radius 1 is 1.00 bits per heavy atom. The molecule has 0 aromatic heterocycles. The van der Waals surface area contributed by atoms with E-state index in [1.165, 1.54) is 18.4 Å². The lowest BCUT2D eigenvalue weighted by molar-refractivity contribution is 0.175. The Balaban J connectivity index is 1.96. The molecule has 0 amide bonds. The van der Waals surface area contributed by atoms with Gasteiger partial charge in [0.05, 0.1) is 11.2 Å². The van der Waals surface area contributed by atoms with Crippen molar-refractivity contribution in [1.82, 2.24) is 0 Å². The first-order chi connectivity index (χ1) is 10.9. The van der Waals surface area contributed by atoms with Crippen molar-refractivity contribution in [2.45, 2.75) is 23.8 Å². The molecule has 1 aliphatic heterocycles. The van der Waals surface area contributed by atoms with Crippen molar-refractivity contribution in [3.63, 3.8) is 0 Å². The minimum atomic E-state index is -3.22. The van der Waals surface area contributed by atoms with Crippen molar-refractivity contribution >= 4 is 15.4 Å². The van der Waals surface area contributed by atoms with E-state index in [9.17, 15) is 12.8 Å². The molecule has 0 saturated heterocycles. The van der Waals surface area contributed by atoms with Gasteiger partial charge in [-0.2, -0.15) is 0 Å². The van der Waals surface area contributed by atoms with E-state index in [4.69, 9.17) is 4.74 Å². The lowest BCUT2D eigenvalue weighted by Crippen LogP contribution is -2.12. The van der Waals surface area contributed by atoms with Gasteiger partial charge in [-0.25, -0.2) is 12.8 Å². The van der Waals surface area contributed by atoms with Gasteiger partial charge in [-0.05, 0) is 42.3 Å². The van der Waals surface area contributed by atoms with Gasteiger partial charge in [-0.3, -0.25) is 0 Å². The first-order valence-corrected chi connectivity index (χ1v) is 9.17. The molecule has 2 aromatic carbocycles. The zero-order valence-corrected chi connectivity index (χ0v) is 13.7. The molecule has 1 aliphatic rings. The normalized spacial score (nSPS) is 20.9. The number of hydrogen-bond acceptors (Lipinski definition) is 3. The van der Waals surface area contributed by atoms with E-state index in [0.29, 0.717) is 0 Å². The predicted molar refractivity (Wildman–Crippen MR) is 87.2 cm³/mol. The lowest BCUT2D eigenvalue weighted by Gasteiger charge is -2.19. The topological polar surface area (TPSA) is 43.4 Å². The zero-order valence-electron chi connectivity index (χ0n) is 12.9. The molecule has 23 heavy (non-hydrogen) atoms. The summed E-state index contributed by atoms with van der Waals surface area (Å²) in [5.41, 5.74) is 2.83. The third-order valence-electron chi connectivity index (χ3n) is 4.06. The molecular weight excluding hydrogens is 315 g/mol. The van der Waals surface area contributed by atoms with Crippen LogP contribution in [0.25, 0.3) is 5.57 Å². The Hall–Kier alpha value is -2.14. The Bertz CT molecular complexity index is 837. The largest absolute Gasteiger partial charge is 0.497 e. The van der Waals surface area contributed by atoms with Crippen molar-refractivity contribution in [2.24, 2.45) is 0 Å². The zero-order chi connectivity index (χ0) is 16.6. The van der Waals surface area contributed by atoms with Crippen LogP contribution in [-0.2, 0) is 14.6 Å². The van der Waals surface area contributed by atoms with Gasteiger partial charge in [0.25, 0.3) is 0 Å². The van der Waals surface area contributed by atoms with Crippen molar-refractivity contribution in [3.8, 4) is 0 Å². The quantitative estimate of drug-likeness (QED) is 0.859. The van der Waals surface area contributed by atoms with Crippen molar-refractivity contribution in [3.05, 3.63) is 71.7 Å². The summed E-state index contributed by atoms with van der Waals surface area (Å²) in [4.78, 5) is 0.284. The minimum Gasteiger partial charge on any atom is -0.497 e. The molecule has 2 aromatic rings. The highest BCUT2D eigenvalue weighted by Gasteiger charge is 2.30. The minimum absolute atomic E-state index is 0.0142. The highest BCUT2D eigenvalue weighted by atomic mass is 32.2. The maximum Gasteiger partial charge on any atom is 0.175 e. The van der Waals surface area contributed by atoms with E-state index in [1.807, 2.05) is 6.92 Å². The van der Waals surface area contributed by atoms with E-state index in [2.05, 4.69) is 0 Å². The number of ether oxygens (including phenoxy) is 1. The van der Waals surface area contributed by atoms with E-state index < -0.39 is 9.84 Å². The molecular formula is C18H17FO3S. The highest BCUT2D eigenvalue weighted by Crippen LogP contribution is 2.41. The van der Waals surface area contributed by atoms with Crippen LogP contribution in [0.4, 0.5) is 4.39 Å². The summed E-state index contributed by atoms with van der Waals surface area (Å²) in [7, 11) is -3.22. The van der Waals surface area contributed by atoms with Crippen LogP contribution in [0.15, 0.2) is 59.7 Å². The lowest BCUT2D eigenvalue weighted by atomic mass is 9.85. The second kappa shape index (κ2) is 5.81. The molecule has 0 aliphatic carbocycles. The molecule has 3 nitrogen and oxygen atoms in total. The molecule has 2 unspecified atom stereocenters. The van der Waals surface area contributed by atoms with Crippen molar-refractivity contribution in [1.29, 1.82) is 0 Å². The standard InChI is InChI=1S/C18H17FO3S/c1-12-18(14-3-7-15(19)8-4-14)17(11-22-12)13-5-9-16(10-6-13)23(2,20)21/h3-12,18H,1-2H3. The van der Waals surface area contributed by atoms with Gasteiger partial charge in [0.1, 0.15) is 11.9 Å². The fourth-order valence-electron chi connectivity index (χ4n) is 2.85. The SMILES string of the molecule is CC1OC=C(c2ccc(S(C)(=O)=O)cc2)C1c1ccc(F)cc1.